The van der Waals surface area contributed by atoms with Gasteiger partial charge in [-0.15, -0.1) is 0 Å². The molecule has 0 saturated heterocycles. The van der Waals surface area contributed by atoms with Crippen LogP contribution in [0.15, 0.2) is 84.0 Å². The molecule has 3 rings (SSSR count). The number of hydrazone groups is 1. The molecule has 176 valence electrons. The minimum Gasteiger partial charge on any atom is -0.326 e. The maximum Gasteiger partial charge on any atom is 0.273 e. The average Bonchev–Trinajstić information content (AvgIpc) is 2.81. The summed E-state index contributed by atoms with van der Waals surface area (Å²) in [5.74, 6) is -0.703. The second-order valence-corrected chi connectivity index (χ2v) is 9.58. The number of carbonyl (C=O) groups is 2. The van der Waals surface area contributed by atoms with Crippen molar-refractivity contribution in [3.8, 4) is 0 Å². The van der Waals surface area contributed by atoms with E-state index < -0.39 is 15.9 Å². The lowest BCUT2D eigenvalue weighted by atomic mass is 10.1. The van der Waals surface area contributed by atoms with Gasteiger partial charge in [-0.1, -0.05) is 54.6 Å². The summed E-state index contributed by atoms with van der Waals surface area (Å²) in [5.41, 5.74) is 5.70. The first-order valence-electron chi connectivity index (χ1n) is 10.5. The zero-order valence-corrected chi connectivity index (χ0v) is 20.0. The van der Waals surface area contributed by atoms with Crippen LogP contribution in [0.2, 0.25) is 0 Å². The minimum absolute atomic E-state index is 0.0902. The van der Waals surface area contributed by atoms with Crippen molar-refractivity contribution in [2.24, 2.45) is 5.10 Å². The second-order valence-electron chi connectivity index (χ2n) is 7.67. The van der Waals surface area contributed by atoms with E-state index in [1.807, 2.05) is 30.3 Å². The summed E-state index contributed by atoms with van der Waals surface area (Å²) in [6, 6.07) is 22.7. The van der Waals surface area contributed by atoms with Crippen molar-refractivity contribution in [1.82, 2.24) is 5.43 Å². The summed E-state index contributed by atoms with van der Waals surface area (Å²) >= 11 is 0. The minimum atomic E-state index is -3.67. The Bertz CT molecular complexity index is 1300. The number of nitrogens with zero attached hydrogens (tertiary/aromatic N) is 2. The molecule has 2 N–H and O–H groups in total. The molecule has 0 spiro atoms. The fraction of sp³-hybridized carbons (Fsp3) is 0.160. The molecule has 3 aromatic carbocycles. The Labute approximate surface area is 199 Å². The molecule has 0 unspecified atom stereocenters. The van der Waals surface area contributed by atoms with Crippen LogP contribution in [0.1, 0.15) is 35.3 Å². The molecule has 2 amide bonds. The Morgan fingerprint density at radius 3 is 2.12 bits per heavy atom. The van der Waals surface area contributed by atoms with Crippen LogP contribution in [0.25, 0.3) is 0 Å². The van der Waals surface area contributed by atoms with Crippen LogP contribution in [-0.2, 0) is 21.4 Å². The first kappa shape index (κ1) is 24.7. The number of amides is 2. The topological polar surface area (TPSA) is 108 Å². The van der Waals surface area contributed by atoms with E-state index >= 15 is 0 Å². The van der Waals surface area contributed by atoms with Crippen LogP contribution in [0, 0.1) is 0 Å². The summed E-state index contributed by atoms with van der Waals surface area (Å²) in [4.78, 5) is 24.1. The smallest absolute Gasteiger partial charge is 0.273 e. The highest BCUT2D eigenvalue weighted by Crippen LogP contribution is 2.25. The van der Waals surface area contributed by atoms with Gasteiger partial charge in [0.2, 0.25) is 15.9 Å². The van der Waals surface area contributed by atoms with Crippen molar-refractivity contribution >= 4 is 38.9 Å². The van der Waals surface area contributed by atoms with Gasteiger partial charge in [-0.05, 0) is 42.3 Å². The fourth-order valence-corrected chi connectivity index (χ4v) is 4.17. The third kappa shape index (κ3) is 6.52. The van der Waals surface area contributed by atoms with Crippen molar-refractivity contribution in [1.29, 1.82) is 0 Å². The van der Waals surface area contributed by atoms with Gasteiger partial charge >= 0.3 is 0 Å². The summed E-state index contributed by atoms with van der Waals surface area (Å²) in [5, 5.41) is 6.86. The Morgan fingerprint density at radius 1 is 0.882 bits per heavy atom. The molecule has 0 atom stereocenters. The van der Waals surface area contributed by atoms with E-state index in [0.717, 1.165) is 17.4 Å². The van der Waals surface area contributed by atoms with E-state index in [2.05, 4.69) is 15.8 Å². The normalized spacial score (nSPS) is 11.6. The monoisotopic (exact) mass is 478 g/mol. The third-order valence-electron chi connectivity index (χ3n) is 4.93. The molecule has 0 aliphatic carbocycles. The molecular weight excluding hydrogens is 452 g/mol. The quantitative estimate of drug-likeness (QED) is 0.380. The summed E-state index contributed by atoms with van der Waals surface area (Å²) < 4.78 is 26.4. The van der Waals surface area contributed by atoms with E-state index in [1.54, 1.807) is 55.5 Å². The van der Waals surface area contributed by atoms with Gasteiger partial charge in [0.25, 0.3) is 5.91 Å². The Hall–Kier alpha value is -3.98. The van der Waals surface area contributed by atoms with Crippen LogP contribution in [0.4, 0.5) is 11.4 Å². The highest BCUT2D eigenvalue weighted by Gasteiger charge is 2.23. The van der Waals surface area contributed by atoms with Crippen LogP contribution in [-0.4, -0.2) is 32.2 Å². The molecule has 0 saturated carbocycles. The van der Waals surface area contributed by atoms with Gasteiger partial charge < -0.3 is 5.32 Å². The molecule has 34 heavy (non-hydrogen) atoms. The number of benzene rings is 3. The molecule has 9 heteroatoms. The first-order chi connectivity index (χ1) is 16.1. The number of hydrogen-bond donors (Lipinski definition) is 2. The van der Waals surface area contributed by atoms with Gasteiger partial charge in [0.1, 0.15) is 0 Å². The van der Waals surface area contributed by atoms with Crippen LogP contribution < -0.4 is 15.0 Å². The molecule has 8 nitrogen and oxygen atoms in total. The molecule has 3 aromatic rings. The van der Waals surface area contributed by atoms with E-state index in [0.29, 0.717) is 11.4 Å². The molecule has 0 fully saturated rings. The average molecular weight is 479 g/mol. The van der Waals surface area contributed by atoms with Crippen molar-refractivity contribution in [2.75, 3.05) is 15.9 Å². The number of nitrogens with one attached hydrogen (secondary N) is 2. The third-order valence-corrected chi connectivity index (χ3v) is 6.06. The fourth-order valence-electron chi connectivity index (χ4n) is 3.27. The summed E-state index contributed by atoms with van der Waals surface area (Å²) in [6.07, 6.45) is 1.11. The molecular formula is C25H26N4O4S. The first-order valence-corrected chi connectivity index (χ1v) is 12.3. The number of carbonyl (C=O) groups excluding carboxylic acids is 2. The standard InChI is InChI=1S/C25H26N4O4S/c1-18(21-13-15-22(16-14-21)26-19(2)30)27-28-25(31)23-11-7-8-12-24(23)29(34(3,32)33)17-20-9-5-4-6-10-20/h4-16H,17H2,1-3H3,(H,26,30)(H,28,31)/b27-18+. The Kier molecular flexibility index (Phi) is 7.80. The number of hydrogen-bond acceptors (Lipinski definition) is 5. The lowest BCUT2D eigenvalue weighted by Crippen LogP contribution is -2.32. The number of para-hydroxylation sites is 1. The number of sulfonamides is 1. The van der Waals surface area contributed by atoms with Crippen molar-refractivity contribution in [2.45, 2.75) is 20.4 Å². The molecule has 0 aromatic heterocycles. The van der Waals surface area contributed by atoms with Crippen molar-refractivity contribution < 1.29 is 18.0 Å². The lowest BCUT2D eigenvalue weighted by molar-refractivity contribution is -0.114. The number of anilines is 2. The second kappa shape index (κ2) is 10.8. The van der Waals surface area contributed by atoms with Gasteiger partial charge in [-0.2, -0.15) is 5.10 Å². The zero-order chi connectivity index (χ0) is 24.7. The predicted molar refractivity (Wildman–Crippen MR) is 134 cm³/mol. The van der Waals surface area contributed by atoms with Gasteiger partial charge in [0.15, 0.2) is 0 Å². The molecule has 0 bridgehead atoms. The molecule has 0 heterocycles. The summed E-state index contributed by atoms with van der Waals surface area (Å²) in [6.45, 7) is 3.25. The molecule has 0 aliphatic heterocycles. The van der Waals surface area contributed by atoms with Gasteiger partial charge in [-0.25, -0.2) is 13.8 Å². The van der Waals surface area contributed by atoms with E-state index in [-0.39, 0.29) is 23.7 Å². The zero-order valence-electron chi connectivity index (χ0n) is 19.1. The molecule has 0 aliphatic rings. The Balaban J connectivity index is 1.83. The highest BCUT2D eigenvalue weighted by atomic mass is 32.2. The highest BCUT2D eigenvalue weighted by molar-refractivity contribution is 7.92. The van der Waals surface area contributed by atoms with Crippen molar-refractivity contribution in [3.05, 3.63) is 95.6 Å². The number of rotatable bonds is 8. The SMILES string of the molecule is CC(=O)Nc1ccc(/C(C)=N/NC(=O)c2ccccc2N(Cc2ccccc2)S(C)(=O)=O)cc1. The van der Waals surface area contributed by atoms with E-state index in [1.165, 1.54) is 11.2 Å². The molecule has 0 radical (unpaired) electrons. The largest absolute Gasteiger partial charge is 0.326 e. The van der Waals surface area contributed by atoms with Gasteiger partial charge in [0, 0.05) is 12.6 Å². The van der Waals surface area contributed by atoms with Crippen LogP contribution in [0.5, 0.6) is 0 Å². The van der Waals surface area contributed by atoms with E-state index in [9.17, 15) is 18.0 Å². The maximum absolute atomic E-state index is 13.0. The van der Waals surface area contributed by atoms with Gasteiger partial charge in [0.05, 0.1) is 29.8 Å². The van der Waals surface area contributed by atoms with Crippen LogP contribution in [0.3, 0.4) is 0 Å². The maximum atomic E-state index is 13.0. The summed E-state index contributed by atoms with van der Waals surface area (Å²) in [7, 11) is -3.67. The lowest BCUT2D eigenvalue weighted by Gasteiger charge is -2.24. The van der Waals surface area contributed by atoms with Crippen molar-refractivity contribution in [3.63, 3.8) is 0 Å². The van der Waals surface area contributed by atoms with Crippen LogP contribution >= 0.6 is 0 Å². The predicted octanol–water partition coefficient (Wildman–Crippen LogP) is 3.77. The van der Waals surface area contributed by atoms with E-state index in [4.69, 9.17) is 0 Å². The Morgan fingerprint density at radius 2 is 1.50 bits per heavy atom. The van der Waals surface area contributed by atoms with Gasteiger partial charge in [-0.3, -0.25) is 13.9 Å².